The lowest BCUT2D eigenvalue weighted by atomic mass is 9.82. The normalized spacial score (nSPS) is 20.6. The minimum Gasteiger partial charge on any atom is -0.395 e. The van der Waals surface area contributed by atoms with Crippen LogP contribution in [-0.4, -0.2) is 60.8 Å². The first-order valence-corrected chi connectivity index (χ1v) is 8.18. The predicted octanol–water partition coefficient (Wildman–Crippen LogP) is 2.35. The van der Waals surface area contributed by atoms with Gasteiger partial charge in [-0.3, -0.25) is 0 Å². The molecule has 0 spiro atoms. The highest BCUT2D eigenvalue weighted by atomic mass is 16.3. The molecule has 1 aromatic carbocycles. The maximum Gasteiger partial charge on any atom is 0.0537 e. The van der Waals surface area contributed by atoms with Crippen LogP contribution in [0.5, 0.6) is 0 Å². The van der Waals surface area contributed by atoms with Crippen LogP contribution in [0.4, 0.5) is 0 Å². The molecule has 1 heterocycles. The largest absolute Gasteiger partial charge is 0.395 e. The molecule has 0 saturated carbocycles. The first-order valence-electron chi connectivity index (χ1n) is 8.18. The monoisotopic (exact) mass is 290 g/mol. The molecule has 0 radical (unpaired) electrons. The molecular formula is C18H30N2O. The fraction of sp³-hybridized carbons (Fsp3) is 0.667. The number of aliphatic hydroxyl groups excluding tert-OH is 1. The van der Waals surface area contributed by atoms with Crippen LogP contribution in [-0.2, 0) is 5.41 Å². The van der Waals surface area contributed by atoms with E-state index in [0.717, 1.165) is 13.1 Å². The molecule has 1 N–H and O–H groups in total. The number of piperidine rings is 1. The van der Waals surface area contributed by atoms with E-state index in [1.807, 2.05) is 6.07 Å². The van der Waals surface area contributed by atoms with Crippen LogP contribution in [0.2, 0.25) is 0 Å². The summed E-state index contributed by atoms with van der Waals surface area (Å²) in [5.74, 6) is 0. The Morgan fingerprint density at radius 1 is 1.24 bits per heavy atom. The summed E-state index contributed by atoms with van der Waals surface area (Å²) in [7, 11) is 2.21. The molecule has 1 fully saturated rings. The minimum atomic E-state index is -0.183. The number of likely N-dealkylation sites (N-methyl/N-ethyl adjacent to an activating group) is 1. The summed E-state index contributed by atoms with van der Waals surface area (Å²) in [6.45, 7) is 9.07. The molecule has 2 rings (SSSR count). The zero-order chi connectivity index (χ0) is 15.3. The lowest BCUT2D eigenvalue weighted by molar-refractivity contribution is 0.0930. The van der Waals surface area contributed by atoms with E-state index in [-0.39, 0.29) is 12.0 Å². The van der Waals surface area contributed by atoms with Gasteiger partial charge in [-0.2, -0.15) is 0 Å². The van der Waals surface area contributed by atoms with Crippen molar-refractivity contribution in [1.82, 2.24) is 9.80 Å². The van der Waals surface area contributed by atoms with Gasteiger partial charge in [-0.25, -0.2) is 0 Å². The minimum absolute atomic E-state index is 0.183. The average molecular weight is 290 g/mol. The van der Waals surface area contributed by atoms with Gasteiger partial charge in [0.1, 0.15) is 0 Å². The first-order chi connectivity index (χ1) is 10.1. The van der Waals surface area contributed by atoms with Crippen molar-refractivity contribution >= 4 is 0 Å². The summed E-state index contributed by atoms with van der Waals surface area (Å²) in [5, 5.41) is 9.93. The van der Waals surface area contributed by atoms with E-state index in [0.29, 0.717) is 6.04 Å². The van der Waals surface area contributed by atoms with Crippen LogP contribution >= 0.6 is 0 Å². The molecule has 1 aliphatic heterocycles. The molecule has 1 unspecified atom stereocenters. The third-order valence-corrected chi connectivity index (χ3v) is 5.05. The number of nitrogens with zero attached hydrogens (tertiary/aromatic N) is 2. The number of likely N-dealkylation sites (tertiary alicyclic amines) is 1. The van der Waals surface area contributed by atoms with Gasteiger partial charge in [-0.1, -0.05) is 44.2 Å². The predicted molar refractivity (Wildman–Crippen MR) is 88.6 cm³/mol. The summed E-state index contributed by atoms with van der Waals surface area (Å²) in [4.78, 5) is 4.98. The Morgan fingerprint density at radius 3 is 2.38 bits per heavy atom. The number of hydrogen-bond acceptors (Lipinski definition) is 3. The van der Waals surface area contributed by atoms with Gasteiger partial charge >= 0.3 is 0 Å². The van der Waals surface area contributed by atoms with Gasteiger partial charge < -0.3 is 14.9 Å². The van der Waals surface area contributed by atoms with E-state index in [2.05, 4.69) is 55.0 Å². The van der Waals surface area contributed by atoms with Gasteiger partial charge in [-0.15, -0.1) is 0 Å². The Hall–Kier alpha value is -0.900. The summed E-state index contributed by atoms with van der Waals surface area (Å²) in [5.41, 5.74) is 1.04. The molecule has 0 amide bonds. The van der Waals surface area contributed by atoms with Crippen LogP contribution in [0.1, 0.15) is 32.3 Å². The zero-order valence-electron chi connectivity index (χ0n) is 13.8. The number of rotatable bonds is 6. The second kappa shape index (κ2) is 7.39. The van der Waals surface area contributed by atoms with Gasteiger partial charge in [-0.05, 0) is 45.1 Å². The topological polar surface area (TPSA) is 26.7 Å². The molecule has 118 valence electrons. The molecule has 3 heteroatoms. The number of aliphatic hydroxyl groups is 1. The van der Waals surface area contributed by atoms with Gasteiger partial charge in [0, 0.05) is 18.0 Å². The molecule has 1 atom stereocenters. The number of benzene rings is 1. The molecule has 1 aromatic rings. The molecule has 21 heavy (non-hydrogen) atoms. The van der Waals surface area contributed by atoms with Crippen molar-refractivity contribution in [2.45, 2.75) is 38.1 Å². The van der Waals surface area contributed by atoms with Crippen molar-refractivity contribution in [2.75, 3.05) is 39.8 Å². The van der Waals surface area contributed by atoms with Gasteiger partial charge in [0.2, 0.25) is 0 Å². The summed E-state index contributed by atoms with van der Waals surface area (Å²) in [6, 6.07) is 11.0. The molecule has 1 saturated heterocycles. The Balaban J connectivity index is 1.98. The Morgan fingerprint density at radius 2 is 1.86 bits per heavy atom. The van der Waals surface area contributed by atoms with Crippen molar-refractivity contribution in [2.24, 2.45) is 0 Å². The van der Waals surface area contributed by atoms with Gasteiger partial charge in [0.05, 0.1) is 6.61 Å². The highest BCUT2D eigenvalue weighted by Crippen LogP contribution is 2.26. The van der Waals surface area contributed by atoms with Crippen molar-refractivity contribution < 1.29 is 5.11 Å². The molecule has 0 aromatic heterocycles. The molecular weight excluding hydrogens is 260 g/mol. The van der Waals surface area contributed by atoms with E-state index >= 15 is 0 Å². The molecule has 0 bridgehead atoms. The zero-order valence-corrected chi connectivity index (χ0v) is 13.8. The fourth-order valence-corrected chi connectivity index (χ4v) is 3.43. The van der Waals surface area contributed by atoms with Crippen molar-refractivity contribution in [1.29, 1.82) is 0 Å². The Labute approximate surface area is 129 Å². The Bertz CT molecular complexity index is 414. The van der Waals surface area contributed by atoms with E-state index in [1.54, 1.807) is 0 Å². The first kappa shape index (κ1) is 16.5. The lowest BCUT2D eigenvalue weighted by Gasteiger charge is -2.40. The van der Waals surface area contributed by atoms with Crippen LogP contribution in [0.25, 0.3) is 0 Å². The second-order valence-corrected chi connectivity index (χ2v) is 6.67. The van der Waals surface area contributed by atoms with Crippen LogP contribution < -0.4 is 0 Å². The summed E-state index contributed by atoms with van der Waals surface area (Å²) in [6.07, 6.45) is 2.47. The lowest BCUT2D eigenvalue weighted by Crippen LogP contribution is -2.48. The van der Waals surface area contributed by atoms with E-state index < -0.39 is 0 Å². The standard InChI is InChI=1S/C18H30N2O/c1-4-20-12-10-17(11-13-20)19(3)14-18(2,15-21)16-8-6-5-7-9-16/h5-9,17,21H,4,10-15H2,1-3H3. The SMILES string of the molecule is CCN1CCC(N(C)CC(C)(CO)c2ccccc2)CC1. The van der Waals surface area contributed by atoms with Crippen LogP contribution in [0.15, 0.2) is 30.3 Å². The van der Waals surface area contributed by atoms with Crippen molar-refractivity contribution in [3.63, 3.8) is 0 Å². The Kier molecular flexibility index (Phi) is 5.80. The van der Waals surface area contributed by atoms with Crippen molar-refractivity contribution in [3.05, 3.63) is 35.9 Å². The summed E-state index contributed by atoms with van der Waals surface area (Å²) < 4.78 is 0. The van der Waals surface area contributed by atoms with Crippen LogP contribution in [0, 0.1) is 0 Å². The number of hydrogen-bond donors (Lipinski definition) is 1. The highest BCUT2D eigenvalue weighted by molar-refractivity contribution is 5.25. The van der Waals surface area contributed by atoms with Crippen LogP contribution in [0.3, 0.4) is 0 Å². The molecule has 0 aliphatic carbocycles. The van der Waals surface area contributed by atoms with Gasteiger partial charge in [0.15, 0.2) is 0 Å². The highest BCUT2D eigenvalue weighted by Gasteiger charge is 2.31. The van der Waals surface area contributed by atoms with Crippen molar-refractivity contribution in [3.8, 4) is 0 Å². The summed E-state index contributed by atoms with van der Waals surface area (Å²) >= 11 is 0. The van der Waals surface area contributed by atoms with Gasteiger partial charge in [0.25, 0.3) is 0 Å². The second-order valence-electron chi connectivity index (χ2n) is 6.67. The fourth-order valence-electron chi connectivity index (χ4n) is 3.43. The third-order valence-electron chi connectivity index (χ3n) is 5.05. The maximum atomic E-state index is 9.93. The smallest absolute Gasteiger partial charge is 0.0537 e. The molecule has 3 nitrogen and oxygen atoms in total. The van der Waals surface area contributed by atoms with E-state index in [4.69, 9.17) is 0 Å². The van der Waals surface area contributed by atoms with E-state index in [9.17, 15) is 5.11 Å². The average Bonchev–Trinajstić information content (AvgIpc) is 2.55. The maximum absolute atomic E-state index is 9.93. The third kappa shape index (κ3) is 4.06. The van der Waals surface area contributed by atoms with E-state index in [1.165, 1.54) is 31.5 Å². The molecule has 1 aliphatic rings. The quantitative estimate of drug-likeness (QED) is 0.871.